The molecule has 0 atom stereocenters. The standard InChI is InChI=1S/C18H17ClN2O2/c19-15-5-6-16-14(9-15)10-17(21-16)18(23)20-8-7-12-1-3-13(11-22)4-2-12/h1-6,9-10,21-22H,7-8,11H2,(H,20,23). The lowest BCUT2D eigenvalue weighted by Crippen LogP contribution is -2.25. The Balaban J connectivity index is 1.59. The number of fused-ring (bicyclic) bond motifs is 1. The lowest BCUT2D eigenvalue weighted by molar-refractivity contribution is 0.0950. The molecule has 0 spiro atoms. The Morgan fingerprint density at radius 3 is 2.57 bits per heavy atom. The predicted molar refractivity (Wildman–Crippen MR) is 91.7 cm³/mol. The molecule has 4 nitrogen and oxygen atoms in total. The molecule has 0 radical (unpaired) electrons. The minimum atomic E-state index is -0.135. The van der Waals surface area contributed by atoms with Crippen LogP contribution in [-0.4, -0.2) is 22.5 Å². The molecule has 0 unspecified atom stereocenters. The number of rotatable bonds is 5. The molecule has 3 N–H and O–H groups in total. The third-order valence-corrected chi connectivity index (χ3v) is 3.97. The van der Waals surface area contributed by atoms with Crippen molar-refractivity contribution in [3.63, 3.8) is 0 Å². The van der Waals surface area contributed by atoms with E-state index in [1.54, 1.807) is 12.1 Å². The first-order valence-corrected chi connectivity index (χ1v) is 7.78. The number of amides is 1. The second-order valence-electron chi connectivity index (χ2n) is 5.40. The van der Waals surface area contributed by atoms with E-state index >= 15 is 0 Å². The molecule has 3 aromatic rings. The zero-order chi connectivity index (χ0) is 16.2. The monoisotopic (exact) mass is 328 g/mol. The highest BCUT2D eigenvalue weighted by Gasteiger charge is 2.09. The van der Waals surface area contributed by atoms with E-state index in [-0.39, 0.29) is 12.5 Å². The Bertz CT molecular complexity index is 825. The van der Waals surface area contributed by atoms with Crippen LogP contribution in [0.5, 0.6) is 0 Å². The Hall–Kier alpha value is -2.30. The maximum atomic E-state index is 12.2. The fraction of sp³-hybridized carbons (Fsp3) is 0.167. The van der Waals surface area contributed by atoms with Gasteiger partial charge in [-0.15, -0.1) is 0 Å². The second kappa shape index (κ2) is 6.86. The van der Waals surface area contributed by atoms with Gasteiger partial charge in [-0.1, -0.05) is 35.9 Å². The summed E-state index contributed by atoms with van der Waals surface area (Å²) in [6, 6.07) is 15.0. The van der Waals surface area contributed by atoms with Gasteiger partial charge in [0.1, 0.15) is 5.69 Å². The van der Waals surface area contributed by atoms with Crippen molar-refractivity contribution in [3.8, 4) is 0 Å². The highest BCUT2D eigenvalue weighted by atomic mass is 35.5. The van der Waals surface area contributed by atoms with Crippen LogP contribution in [0.25, 0.3) is 10.9 Å². The van der Waals surface area contributed by atoms with Crippen molar-refractivity contribution in [2.24, 2.45) is 0 Å². The smallest absolute Gasteiger partial charge is 0.267 e. The Kier molecular flexibility index (Phi) is 4.65. The summed E-state index contributed by atoms with van der Waals surface area (Å²) in [4.78, 5) is 15.3. The average molecular weight is 329 g/mol. The first kappa shape index (κ1) is 15.6. The molecule has 5 heteroatoms. The largest absolute Gasteiger partial charge is 0.392 e. The number of hydrogen-bond acceptors (Lipinski definition) is 2. The minimum Gasteiger partial charge on any atom is -0.392 e. The van der Waals surface area contributed by atoms with Gasteiger partial charge in [0.05, 0.1) is 6.61 Å². The summed E-state index contributed by atoms with van der Waals surface area (Å²) in [6.45, 7) is 0.592. The van der Waals surface area contributed by atoms with Gasteiger partial charge in [0.15, 0.2) is 0 Å². The lowest BCUT2D eigenvalue weighted by Gasteiger charge is -2.05. The van der Waals surface area contributed by atoms with Gasteiger partial charge in [0.2, 0.25) is 0 Å². The predicted octanol–water partition coefficient (Wildman–Crippen LogP) is 3.29. The van der Waals surface area contributed by atoms with Gasteiger partial charge in [-0.05, 0) is 41.8 Å². The molecule has 0 aliphatic rings. The number of aromatic nitrogens is 1. The summed E-state index contributed by atoms with van der Waals surface area (Å²) < 4.78 is 0. The fourth-order valence-corrected chi connectivity index (χ4v) is 2.63. The molecule has 118 valence electrons. The Labute approximate surface area is 139 Å². The van der Waals surface area contributed by atoms with Crippen LogP contribution in [0.1, 0.15) is 21.6 Å². The third-order valence-electron chi connectivity index (χ3n) is 3.73. The van der Waals surface area contributed by atoms with Crippen LogP contribution in [0.2, 0.25) is 5.02 Å². The summed E-state index contributed by atoms with van der Waals surface area (Å²) in [5.74, 6) is -0.135. The van der Waals surface area contributed by atoms with Crippen LogP contribution >= 0.6 is 11.6 Å². The molecule has 2 aromatic carbocycles. The second-order valence-corrected chi connectivity index (χ2v) is 5.83. The molecular weight excluding hydrogens is 312 g/mol. The van der Waals surface area contributed by atoms with Gasteiger partial charge in [-0.2, -0.15) is 0 Å². The van der Waals surface area contributed by atoms with Crippen molar-refractivity contribution in [2.75, 3.05) is 6.54 Å². The number of halogens is 1. The van der Waals surface area contributed by atoms with Gasteiger partial charge in [-0.3, -0.25) is 4.79 Å². The van der Waals surface area contributed by atoms with Crippen LogP contribution < -0.4 is 5.32 Å². The van der Waals surface area contributed by atoms with E-state index in [4.69, 9.17) is 16.7 Å². The molecule has 23 heavy (non-hydrogen) atoms. The molecule has 1 heterocycles. The van der Waals surface area contributed by atoms with Crippen molar-refractivity contribution < 1.29 is 9.90 Å². The number of aliphatic hydroxyl groups is 1. The van der Waals surface area contributed by atoms with Crippen molar-refractivity contribution in [1.82, 2.24) is 10.3 Å². The molecule has 0 bridgehead atoms. The van der Waals surface area contributed by atoms with Crippen molar-refractivity contribution in [2.45, 2.75) is 13.0 Å². The van der Waals surface area contributed by atoms with E-state index < -0.39 is 0 Å². The van der Waals surface area contributed by atoms with Gasteiger partial charge in [-0.25, -0.2) is 0 Å². The number of aromatic amines is 1. The fourth-order valence-electron chi connectivity index (χ4n) is 2.45. The molecule has 1 aromatic heterocycles. The summed E-state index contributed by atoms with van der Waals surface area (Å²) >= 11 is 5.95. The SMILES string of the molecule is O=C(NCCc1ccc(CO)cc1)c1cc2cc(Cl)ccc2[nH]1. The van der Waals surface area contributed by atoms with Crippen LogP contribution in [-0.2, 0) is 13.0 Å². The molecule has 0 aliphatic heterocycles. The zero-order valence-corrected chi connectivity index (χ0v) is 13.2. The van der Waals surface area contributed by atoms with E-state index in [1.165, 1.54) is 0 Å². The normalized spacial score (nSPS) is 10.9. The van der Waals surface area contributed by atoms with Crippen molar-refractivity contribution in [1.29, 1.82) is 0 Å². The van der Waals surface area contributed by atoms with Crippen LogP contribution in [0.4, 0.5) is 0 Å². The maximum absolute atomic E-state index is 12.2. The number of aliphatic hydroxyl groups excluding tert-OH is 1. The van der Waals surface area contributed by atoms with E-state index in [0.29, 0.717) is 17.3 Å². The maximum Gasteiger partial charge on any atom is 0.267 e. The highest BCUT2D eigenvalue weighted by molar-refractivity contribution is 6.31. The van der Waals surface area contributed by atoms with E-state index in [2.05, 4.69) is 10.3 Å². The number of carbonyl (C=O) groups is 1. The van der Waals surface area contributed by atoms with E-state index in [1.807, 2.05) is 36.4 Å². The molecular formula is C18H17ClN2O2. The summed E-state index contributed by atoms with van der Waals surface area (Å²) in [5.41, 5.74) is 3.41. The van der Waals surface area contributed by atoms with Crippen molar-refractivity contribution in [3.05, 3.63) is 70.4 Å². The summed E-state index contributed by atoms with van der Waals surface area (Å²) in [6.07, 6.45) is 0.740. The molecule has 0 saturated carbocycles. The topological polar surface area (TPSA) is 65.1 Å². The van der Waals surface area contributed by atoms with Gasteiger partial charge >= 0.3 is 0 Å². The highest BCUT2D eigenvalue weighted by Crippen LogP contribution is 2.20. The molecule has 1 amide bonds. The molecule has 3 rings (SSSR count). The number of hydrogen-bond donors (Lipinski definition) is 3. The van der Waals surface area contributed by atoms with Gasteiger partial charge in [0.25, 0.3) is 5.91 Å². The quantitative estimate of drug-likeness (QED) is 0.673. The van der Waals surface area contributed by atoms with Crippen LogP contribution in [0, 0.1) is 0 Å². The van der Waals surface area contributed by atoms with Crippen LogP contribution in [0.3, 0.4) is 0 Å². The van der Waals surface area contributed by atoms with Crippen LogP contribution in [0.15, 0.2) is 48.5 Å². The Morgan fingerprint density at radius 2 is 1.83 bits per heavy atom. The third kappa shape index (κ3) is 3.73. The van der Waals surface area contributed by atoms with Gasteiger partial charge in [0, 0.05) is 22.5 Å². The minimum absolute atomic E-state index is 0.0431. The average Bonchev–Trinajstić information content (AvgIpc) is 2.98. The van der Waals surface area contributed by atoms with E-state index in [0.717, 1.165) is 28.5 Å². The first-order valence-electron chi connectivity index (χ1n) is 7.41. The molecule has 0 fully saturated rings. The van der Waals surface area contributed by atoms with Crippen molar-refractivity contribution >= 4 is 28.4 Å². The zero-order valence-electron chi connectivity index (χ0n) is 12.5. The number of carbonyl (C=O) groups excluding carboxylic acids is 1. The van der Waals surface area contributed by atoms with E-state index in [9.17, 15) is 4.79 Å². The number of benzene rings is 2. The molecule has 0 aliphatic carbocycles. The first-order chi connectivity index (χ1) is 11.2. The van der Waals surface area contributed by atoms with Gasteiger partial charge < -0.3 is 15.4 Å². The summed E-state index contributed by atoms with van der Waals surface area (Å²) in [7, 11) is 0. The molecule has 0 saturated heterocycles. The lowest BCUT2D eigenvalue weighted by atomic mass is 10.1. The number of nitrogens with one attached hydrogen (secondary N) is 2. The summed E-state index contributed by atoms with van der Waals surface area (Å²) in [5, 5.41) is 13.5. The number of H-pyrrole nitrogens is 1. The Morgan fingerprint density at radius 1 is 1.09 bits per heavy atom.